The van der Waals surface area contributed by atoms with Crippen LogP contribution in [0.5, 0.6) is 0 Å². The fourth-order valence-corrected chi connectivity index (χ4v) is 1.70. The first kappa shape index (κ1) is 9.75. The lowest BCUT2D eigenvalue weighted by molar-refractivity contribution is 0.805. The Bertz CT molecular complexity index is 258. The van der Waals surface area contributed by atoms with Gasteiger partial charge in [0.05, 0.1) is 0 Å². The van der Waals surface area contributed by atoms with Gasteiger partial charge in [-0.3, -0.25) is 0 Å². The van der Waals surface area contributed by atoms with Gasteiger partial charge in [0.15, 0.2) is 0 Å². The lowest BCUT2D eigenvalue weighted by atomic mass is 10.1. The first-order valence-corrected chi connectivity index (χ1v) is 4.99. The van der Waals surface area contributed by atoms with E-state index in [2.05, 4.69) is 46.4 Å². The average molecular weight is 228 g/mol. The predicted molar refractivity (Wildman–Crippen MR) is 56.3 cm³/mol. The summed E-state index contributed by atoms with van der Waals surface area (Å²) in [4.78, 5) is 0. The number of aryl methyl sites for hydroxylation is 1. The molecule has 1 aromatic rings. The lowest BCUT2D eigenvalue weighted by Crippen LogP contribution is -2.07. The second-order valence-corrected chi connectivity index (χ2v) is 3.71. The molecule has 0 unspecified atom stereocenters. The summed E-state index contributed by atoms with van der Waals surface area (Å²) < 4.78 is 1.16. The second kappa shape index (κ2) is 4.63. The highest BCUT2D eigenvalue weighted by atomic mass is 79.9. The Labute approximate surface area is 82.3 Å². The van der Waals surface area contributed by atoms with Crippen LogP contribution in [0.4, 0.5) is 0 Å². The Hall–Kier alpha value is -0.340. The van der Waals surface area contributed by atoms with Crippen molar-refractivity contribution in [3.8, 4) is 0 Å². The van der Waals surface area contributed by atoms with Crippen molar-refractivity contribution >= 4 is 15.9 Å². The predicted octanol–water partition coefficient (Wildman–Crippen LogP) is 2.73. The van der Waals surface area contributed by atoms with Crippen molar-refractivity contribution in [2.75, 3.05) is 7.05 Å². The van der Waals surface area contributed by atoms with Crippen LogP contribution in [0.1, 0.15) is 18.1 Å². The molecule has 0 radical (unpaired) electrons. The van der Waals surface area contributed by atoms with Gasteiger partial charge >= 0.3 is 0 Å². The molecule has 0 bridgehead atoms. The molecule has 0 aliphatic heterocycles. The Morgan fingerprint density at radius 3 is 2.67 bits per heavy atom. The molecule has 0 saturated heterocycles. The van der Waals surface area contributed by atoms with Gasteiger partial charge in [0.1, 0.15) is 0 Å². The zero-order valence-corrected chi connectivity index (χ0v) is 9.11. The summed E-state index contributed by atoms with van der Waals surface area (Å²) in [5.74, 6) is 0. The first-order chi connectivity index (χ1) is 5.77. The number of rotatable bonds is 3. The maximum Gasteiger partial charge on any atom is 0.0205 e. The Morgan fingerprint density at radius 1 is 1.33 bits per heavy atom. The van der Waals surface area contributed by atoms with E-state index in [0.717, 1.165) is 17.4 Å². The lowest BCUT2D eigenvalue weighted by Gasteiger charge is -2.07. The molecule has 0 amide bonds. The van der Waals surface area contributed by atoms with Crippen LogP contribution in [0.2, 0.25) is 0 Å². The summed E-state index contributed by atoms with van der Waals surface area (Å²) in [7, 11) is 1.97. The number of hydrogen-bond acceptors (Lipinski definition) is 1. The summed E-state index contributed by atoms with van der Waals surface area (Å²) in [6.45, 7) is 3.13. The Kier molecular flexibility index (Phi) is 3.76. The van der Waals surface area contributed by atoms with Crippen molar-refractivity contribution < 1.29 is 0 Å². The third-order valence-electron chi connectivity index (χ3n) is 1.92. The minimum Gasteiger partial charge on any atom is -0.316 e. The molecule has 2 heteroatoms. The van der Waals surface area contributed by atoms with Gasteiger partial charge in [0, 0.05) is 11.0 Å². The highest BCUT2D eigenvalue weighted by molar-refractivity contribution is 9.10. The van der Waals surface area contributed by atoms with E-state index in [4.69, 9.17) is 0 Å². The van der Waals surface area contributed by atoms with Gasteiger partial charge in [-0.2, -0.15) is 0 Å². The van der Waals surface area contributed by atoms with Gasteiger partial charge in [-0.1, -0.05) is 28.9 Å². The molecule has 0 aromatic heterocycles. The van der Waals surface area contributed by atoms with Crippen LogP contribution in [-0.4, -0.2) is 7.05 Å². The van der Waals surface area contributed by atoms with Crippen LogP contribution in [-0.2, 0) is 13.0 Å². The van der Waals surface area contributed by atoms with Gasteiger partial charge in [-0.05, 0) is 36.7 Å². The van der Waals surface area contributed by atoms with E-state index in [1.165, 1.54) is 11.1 Å². The van der Waals surface area contributed by atoms with Crippen molar-refractivity contribution in [1.82, 2.24) is 5.32 Å². The molecule has 0 atom stereocenters. The van der Waals surface area contributed by atoms with Crippen molar-refractivity contribution in [3.05, 3.63) is 33.8 Å². The fourth-order valence-electron chi connectivity index (χ4n) is 1.29. The summed E-state index contributed by atoms with van der Waals surface area (Å²) >= 11 is 3.47. The van der Waals surface area contributed by atoms with E-state index in [0.29, 0.717) is 0 Å². The van der Waals surface area contributed by atoms with Crippen LogP contribution in [0.3, 0.4) is 0 Å². The molecule has 66 valence electrons. The van der Waals surface area contributed by atoms with E-state index in [1.54, 1.807) is 0 Å². The maximum absolute atomic E-state index is 3.47. The largest absolute Gasteiger partial charge is 0.316 e. The van der Waals surface area contributed by atoms with E-state index >= 15 is 0 Å². The highest BCUT2D eigenvalue weighted by Crippen LogP contribution is 2.16. The minimum absolute atomic E-state index is 0.947. The van der Waals surface area contributed by atoms with Crippen LogP contribution < -0.4 is 5.32 Å². The number of hydrogen-bond donors (Lipinski definition) is 1. The number of benzene rings is 1. The van der Waals surface area contributed by atoms with Gasteiger partial charge in [0.25, 0.3) is 0 Å². The Balaban J connectivity index is 2.95. The van der Waals surface area contributed by atoms with E-state index in [9.17, 15) is 0 Å². The van der Waals surface area contributed by atoms with Crippen molar-refractivity contribution in [1.29, 1.82) is 0 Å². The summed E-state index contributed by atoms with van der Waals surface area (Å²) in [5, 5.41) is 3.17. The fraction of sp³-hybridized carbons (Fsp3) is 0.400. The third-order valence-corrected chi connectivity index (χ3v) is 2.41. The van der Waals surface area contributed by atoms with Crippen molar-refractivity contribution in [3.63, 3.8) is 0 Å². The normalized spacial score (nSPS) is 10.2. The van der Waals surface area contributed by atoms with Crippen LogP contribution in [0.25, 0.3) is 0 Å². The van der Waals surface area contributed by atoms with Gasteiger partial charge in [-0.15, -0.1) is 0 Å². The molecule has 0 aliphatic rings. The van der Waals surface area contributed by atoms with E-state index < -0.39 is 0 Å². The average Bonchev–Trinajstić information content (AvgIpc) is 2.05. The third kappa shape index (κ3) is 2.32. The summed E-state index contributed by atoms with van der Waals surface area (Å²) in [6, 6.07) is 6.45. The molecule has 0 saturated carbocycles. The smallest absolute Gasteiger partial charge is 0.0205 e. The van der Waals surface area contributed by atoms with Crippen LogP contribution in [0.15, 0.2) is 22.7 Å². The SMILES string of the molecule is CCc1ccc(Br)cc1CNC. The second-order valence-electron chi connectivity index (χ2n) is 2.80. The standard InChI is InChI=1S/C10H14BrN/c1-3-8-4-5-10(11)6-9(8)7-12-2/h4-6,12H,3,7H2,1-2H3. The van der Waals surface area contributed by atoms with Crippen LogP contribution in [0, 0.1) is 0 Å². The maximum atomic E-state index is 3.47. The summed E-state index contributed by atoms with van der Waals surface area (Å²) in [5.41, 5.74) is 2.81. The van der Waals surface area contributed by atoms with Crippen LogP contribution >= 0.6 is 15.9 Å². The quantitative estimate of drug-likeness (QED) is 0.838. The van der Waals surface area contributed by atoms with Gasteiger partial charge in [-0.25, -0.2) is 0 Å². The molecule has 0 fully saturated rings. The molecular weight excluding hydrogens is 214 g/mol. The molecule has 0 spiro atoms. The first-order valence-electron chi connectivity index (χ1n) is 4.19. The van der Waals surface area contributed by atoms with E-state index in [-0.39, 0.29) is 0 Å². The number of halogens is 1. The molecule has 0 aliphatic carbocycles. The van der Waals surface area contributed by atoms with Gasteiger partial charge in [0.2, 0.25) is 0 Å². The van der Waals surface area contributed by atoms with Crippen molar-refractivity contribution in [2.24, 2.45) is 0 Å². The molecular formula is C10H14BrN. The number of nitrogens with one attached hydrogen (secondary N) is 1. The van der Waals surface area contributed by atoms with Gasteiger partial charge < -0.3 is 5.32 Å². The highest BCUT2D eigenvalue weighted by Gasteiger charge is 1.99. The molecule has 1 N–H and O–H groups in total. The van der Waals surface area contributed by atoms with Crippen molar-refractivity contribution in [2.45, 2.75) is 19.9 Å². The monoisotopic (exact) mass is 227 g/mol. The molecule has 1 rings (SSSR count). The van der Waals surface area contributed by atoms with E-state index in [1.807, 2.05) is 7.05 Å². The zero-order valence-electron chi connectivity index (χ0n) is 7.52. The molecule has 0 heterocycles. The Morgan fingerprint density at radius 2 is 2.08 bits per heavy atom. The zero-order chi connectivity index (χ0) is 8.97. The molecule has 1 aromatic carbocycles. The molecule has 1 nitrogen and oxygen atoms in total. The minimum atomic E-state index is 0.947. The summed E-state index contributed by atoms with van der Waals surface area (Å²) in [6.07, 6.45) is 1.10. The molecule has 12 heavy (non-hydrogen) atoms. The topological polar surface area (TPSA) is 12.0 Å².